The highest BCUT2D eigenvalue weighted by atomic mass is 16.3. The van der Waals surface area contributed by atoms with E-state index in [2.05, 4.69) is 13.0 Å². The molecule has 0 spiro atoms. The van der Waals surface area contributed by atoms with Gasteiger partial charge in [0.2, 0.25) is 0 Å². The van der Waals surface area contributed by atoms with Gasteiger partial charge < -0.3 is 10.2 Å². The minimum atomic E-state index is 0.364. The van der Waals surface area contributed by atoms with E-state index in [9.17, 15) is 10.2 Å². The zero-order chi connectivity index (χ0) is 15.7. The van der Waals surface area contributed by atoms with Crippen LogP contribution in [-0.2, 0) is 6.42 Å². The third-order valence-corrected chi connectivity index (χ3v) is 4.17. The Hall–Kier alpha value is -1.96. The molecule has 2 heteroatoms. The lowest BCUT2D eigenvalue weighted by atomic mass is 9.89. The maximum Gasteiger partial charge on any atom is 0.121 e. The number of hydrogen-bond acceptors (Lipinski definition) is 2. The Morgan fingerprint density at radius 2 is 1.33 bits per heavy atom. The third kappa shape index (κ3) is 2.76. The van der Waals surface area contributed by atoms with Gasteiger partial charge in [0, 0.05) is 0 Å². The number of hydrogen-bond donors (Lipinski definition) is 2. The molecule has 0 unspecified atom stereocenters. The number of phenolic OH excluding ortho intramolecular Hbond substituents is 2. The smallest absolute Gasteiger partial charge is 0.121 e. The summed E-state index contributed by atoms with van der Waals surface area (Å²) in [5, 5.41) is 20.2. The molecule has 0 atom stereocenters. The lowest BCUT2D eigenvalue weighted by molar-refractivity contribution is 0.465. The molecule has 2 aromatic rings. The number of aryl methyl sites for hydroxylation is 3. The number of phenols is 2. The van der Waals surface area contributed by atoms with Gasteiger partial charge in [-0.2, -0.15) is 0 Å². The molecule has 2 rings (SSSR count). The fourth-order valence-corrected chi connectivity index (χ4v) is 2.95. The number of benzene rings is 2. The van der Waals surface area contributed by atoms with Crippen LogP contribution >= 0.6 is 0 Å². The highest BCUT2D eigenvalue weighted by molar-refractivity contribution is 5.74. The molecule has 0 heterocycles. The fourth-order valence-electron chi connectivity index (χ4n) is 2.95. The minimum absolute atomic E-state index is 0.364. The Morgan fingerprint density at radius 3 is 1.86 bits per heavy atom. The molecule has 0 bridgehead atoms. The molecule has 2 nitrogen and oxygen atoms in total. The van der Waals surface area contributed by atoms with E-state index in [4.69, 9.17) is 0 Å². The molecule has 0 aromatic heterocycles. The van der Waals surface area contributed by atoms with E-state index in [-0.39, 0.29) is 0 Å². The minimum Gasteiger partial charge on any atom is -0.507 e. The fraction of sp³-hybridized carbons (Fsp3) is 0.368. The molecular weight excluding hydrogens is 260 g/mol. The zero-order valence-corrected chi connectivity index (χ0v) is 13.5. The second kappa shape index (κ2) is 5.80. The number of aromatic hydroxyl groups is 2. The normalized spacial score (nSPS) is 10.9. The summed E-state index contributed by atoms with van der Waals surface area (Å²) in [4.78, 5) is 0. The Morgan fingerprint density at radius 1 is 0.810 bits per heavy atom. The van der Waals surface area contributed by atoms with Gasteiger partial charge in [0.05, 0.1) is 0 Å². The van der Waals surface area contributed by atoms with Crippen molar-refractivity contribution in [2.75, 3.05) is 0 Å². The molecule has 0 aliphatic rings. The van der Waals surface area contributed by atoms with Gasteiger partial charge in [-0.3, -0.25) is 0 Å². The highest BCUT2D eigenvalue weighted by Crippen LogP contribution is 2.37. The van der Waals surface area contributed by atoms with Crippen LogP contribution in [-0.4, -0.2) is 10.2 Å². The second-order valence-corrected chi connectivity index (χ2v) is 5.90. The van der Waals surface area contributed by atoms with E-state index >= 15 is 0 Å². The molecule has 0 amide bonds. The van der Waals surface area contributed by atoms with Crippen molar-refractivity contribution >= 4 is 0 Å². The first-order valence-corrected chi connectivity index (χ1v) is 7.49. The van der Waals surface area contributed by atoms with Gasteiger partial charge in [-0.25, -0.2) is 0 Å². The van der Waals surface area contributed by atoms with E-state index in [1.165, 1.54) is 5.56 Å². The van der Waals surface area contributed by atoms with Gasteiger partial charge >= 0.3 is 0 Å². The zero-order valence-electron chi connectivity index (χ0n) is 13.5. The standard InChI is InChI=1S/C19H24O2/c1-6-7-16-14(5)19(21)13(4)10-17(16)15-8-11(2)18(20)12(3)9-15/h8-10,20-21H,6-7H2,1-5H3. The van der Waals surface area contributed by atoms with Crippen molar-refractivity contribution in [2.24, 2.45) is 0 Å². The Bertz CT molecular complexity index is 661. The quantitative estimate of drug-likeness (QED) is 0.837. The molecule has 0 saturated carbocycles. The largest absolute Gasteiger partial charge is 0.507 e. The predicted molar refractivity (Wildman–Crippen MR) is 88.2 cm³/mol. The van der Waals surface area contributed by atoms with E-state index in [0.29, 0.717) is 11.5 Å². The van der Waals surface area contributed by atoms with Gasteiger partial charge in [-0.05, 0) is 91.3 Å². The first-order valence-electron chi connectivity index (χ1n) is 7.49. The van der Waals surface area contributed by atoms with Gasteiger partial charge in [0.25, 0.3) is 0 Å². The lowest BCUT2D eigenvalue weighted by Crippen LogP contribution is -1.97. The van der Waals surface area contributed by atoms with Crippen LogP contribution < -0.4 is 0 Å². The van der Waals surface area contributed by atoms with Crippen molar-refractivity contribution in [2.45, 2.75) is 47.5 Å². The Kier molecular flexibility index (Phi) is 4.26. The summed E-state index contributed by atoms with van der Waals surface area (Å²) in [5.74, 6) is 0.762. The van der Waals surface area contributed by atoms with Crippen LogP contribution in [0.2, 0.25) is 0 Å². The van der Waals surface area contributed by atoms with Crippen LogP contribution in [0.5, 0.6) is 11.5 Å². The van der Waals surface area contributed by atoms with Crippen molar-refractivity contribution in [1.82, 2.24) is 0 Å². The van der Waals surface area contributed by atoms with Crippen molar-refractivity contribution < 1.29 is 10.2 Å². The first kappa shape index (κ1) is 15.4. The molecule has 0 aliphatic heterocycles. The summed E-state index contributed by atoms with van der Waals surface area (Å²) in [7, 11) is 0. The summed E-state index contributed by atoms with van der Waals surface area (Å²) in [6, 6.07) is 6.10. The Balaban J connectivity index is 2.74. The number of rotatable bonds is 3. The molecule has 21 heavy (non-hydrogen) atoms. The highest BCUT2D eigenvalue weighted by Gasteiger charge is 2.15. The summed E-state index contributed by atoms with van der Waals surface area (Å²) >= 11 is 0. The maximum atomic E-state index is 10.2. The van der Waals surface area contributed by atoms with Gasteiger partial charge in [-0.15, -0.1) is 0 Å². The average molecular weight is 284 g/mol. The van der Waals surface area contributed by atoms with Crippen LogP contribution in [0.25, 0.3) is 11.1 Å². The summed E-state index contributed by atoms with van der Waals surface area (Å²) < 4.78 is 0. The van der Waals surface area contributed by atoms with Crippen LogP contribution in [0.3, 0.4) is 0 Å². The Labute approximate surface area is 127 Å². The van der Waals surface area contributed by atoms with E-state index in [1.807, 2.05) is 39.8 Å². The lowest BCUT2D eigenvalue weighted by Gasteiger charge is -2.17. The van der Waals surface area contributed by atoms with Gasteiger partial charge in [0.1, 0.15) is 11.5 Å². The monoisotopic (exact) mass is 284 g/mol. The molecule has 0 aliphatic carbocycles. The summed E-state index contributed by atoms with van der Waals surface area (Å²) in [6.07, 6.45) is 1.97. The van der Waals surface area contributed by atoms with Crippen molar-refractivity contribution in [3.8, 4) is 22.6 Å². The maximum absolute atomic E-state index is 10.2. The van der Waals surface area contributed by atoms with Gasteiger partial charge in [-0.1, -0.05) is 13.3 Å². The average Bonchev–Trinajstić information content (AvgIpc) is 2.44. The third-order valence-electron chi connectivity index (χ3n) is 4.17. The first-order chi connectivity index (χ1) is 9.86. The molecule has 0 saturated heterocycles. The molecular formula is C19H24O2. The van der Waals surface area contributed by atoms with Crippen LogP contribution in [0, 0.1) is 27.7 Å². The molecule has 0 fully saturated rings. The second-order valence-electron chi connectivity index (χ2n) is 5.90. The molecule has 2 N–H and O–H groups in total. The van der Waals surface area contributed by atoms with Crippen molar-refractivity contribution in [3.63, 3.8) is 0 Å². The van der Waals surface area contributed by atoms with E-state index in [0.717, 1.165) is 46.2 Å². The molecule has 112 valence electrons. The van der Waals surface area contributed by atoms with E-state index in [1.54, 1.807) is 0 Å². The van der Waals surface area contributed by atoms with Crippen LogP contribution in [0.1, 0.15) is 41.2 Å². The molecule has 0 radical (unpaired) electrons. The predicted octanol–water partition coefficient (Wildman–Crippen LogP) is 4.95. The topological polar surface area (TPSA) is 40.5 Å². The van der Waals surface area contributed by atoms with Gasteiger partial charge in [0.15, 0.2) is 0 Å². The SMILES string of the molecule is CCCc1c(-c2cc(C)c(O)c(C)c2)cc(C)c(O)c1C. The molecule has 2 aromatic carbocycles. The van der Waals surface area contributed by atoms with Crippen molar-refractivity contribution in [3.05, 3.63) is 46.0 Å². The summed E-state index contributed by atoms with van der Waals surface area (Å²) in [5.41, 5.74) is 7.10. The summed E-state index contributed by atoms with van der Waals surface area (Å²) in [6.45, 7) is 9.91. The van der Waals surface area contributed by atoms with Crippen LogP contribution in [0.4, 0.5) is 0 Å². The van der Waals surface area contributed by atoms with Crippen molar-refractivity contribution in [1.29, 1.82) is 0 Å². The van der Waals surface area contributed by atoms with E-state index < -0.39 is 0 Å². The van der Waals surface area contributed by atoms with Crippen LogP contribution in [0.15, 0.2) is 18.2 Å².